The number of nitrogens with zero attached hydrogens (tertiary/aromatic N) is 1. The van der Waals surface area contributed by atoms with Crippen molar-refractivity contribution in [3.63, 3.8) is 0 Å². The molecule has 0 saturated heterocycles. The topological polar surface area (TPSA) is 20.3 Å². The molecule has 2 nitrogen and oxygen atoms in total. The lowest BCUT2D eigenvalue weighted by atomic mass is 10.1. The molecule has 2 aromatic carbocycles. The second-order valence-corrected chi connectivity index (χ2v) is 5.98. The van der Waals surface area contributed by atoms with Crippen LogP contribution in [-0.2, 0) is 6.54 Å². The first-order valence-electron chi connectivity index (χ1n) is 7.21. The Kier molecular flexibility index (Phi) is 5.57. The van der Waals surface area contributed by atoms with E-state index in [-0.39, 0.29) is 5.91 Å². The minimum atomic E-state index is 0.0968. The van der Waals surface area contributed by atoms with Crippen LogP contribution in [-0.4, -0.2) is 17.4 Å². The van der Waals surface area contributed by atoms with Crippen molar-refractivity contribution >= 4 is 21.8 Å². The van der Waals surface area contributed by atoms with Crippen molar-refractivity contribution < 1.29 is 4.79 Å². The van der Waals surface area contributed by atoms with Crippen LogP contribution in [0.1, 0.15) is 34.8 Å². The van der Waals surface area contributed by atoms with Crippen LogP contribution < -0.4 is 0 Å². The number of benzene rings is 2. The summed E-state index contributed by atoms with van der Waals surface area (Å²) in [5.41, 5.74) is 2.93. The summed E-state index contributed by atoms with van der Waals surface area (Å²) in [6.45, 7) is 5.49. The van der Waals surface area contributed by atoms with Crippen LogP contribution in [0.25, 0.3) is 0 Å². The highest BCUT2D eigenvalue weighted by atomic mass is 79.9. The number of carbonyl (C=O) groups is 1. The van der Waals surface area contributed by atoms with Gasteiger partial charge in [-0.3, -0.25) is 4.79 Å². The molecule has 0 heterocycles. The van der Waals surface area contributed by atoms with Crippen molar-refractivity contribution in [1.29, 1.82) is 0 Å². The molecule has 0 aromatic heterocycles. The number of hydrogen-bond acceptors (Lipinski definition) is 1. The van der Waals surface area contributed by atoms with Gasteiger partial charge in [-0.2, -0.15) is 0 Å². The van der Waals surface area contributed by atoms with Crippen LogP contribution in [0, 0.1) is 6.92 Å². The maximum Gasteiger partial charge on any atom is 0.254 e. The summed E-state index contributed by atoms with van der Waals surface area (Å²) in [6.07, 6.45) is 0.950. The van der Waals surface area contributed by atoms with E-state index in [0.29, 0.717) is 6.54 Å². The third-order valence-electron chi connectivity index (χ3n) is 3.50. The van der Waals surface area contributed by atoms with Crippen molar-refractivity contribution in [1.82, 2.24) is 4.90 Å². The molecule has 0 saturated carbocycles. The second-order valence-electron chi connectivity index (χ2n) is 5.12. The van der Waals surface area contributed by atoms with Gasteiger partial charge in [0.25, 0.3) is 5.91 Å². The molecule has 2 rings (SSSR count). The lowest BCUT2D eigenvalue weighted by Gasteiger charge is -2.23. The van der Waals surface area contributed by atoms with E-state index in [4.69, 9.17) is 0 Å². The maximum atomic E-state index is 12.8. The molecule has 21 heavy (non-hydrogen) atoms. The van der Waals surface area contributed by atoms with E-state index in [1.165, 1.54) is 0 Å². The number of rotatable bonds is 5. The highest BCUT2D eigenvalue weighted by molar-refractivity contribution is 9.10. The van der Waals surface area contributed by atoms with Crippen LogP contribution in [0.3, 0.4) is 0 Å². The summed E-state index contributed by atoms with van der Waals surface area (Å²) in [5.74, 6) is 0.0968. The van der Waals surface area contributed by atoms with Gasteiger partial charge in [-0.1, -0.05) is 59.3 Å². The number of halogens is 1. The van der Waals surface area contributed by atoms with Gasteiger partial charge in [0.05, 0.1) is 0 Å². The summed E-state index contributed by atoms with van der Waals surface area (Å²) < 4.78 is 0.976. The summed E-state index contributed by atoms with van der Waals surface area (Å²) >= 11 is 3.50. The standard InChI is InChI=1S/C18H20BrNO/c1-3-12-20(13-15-8-5-4-6-9-15)18(21)16-10-7-11-17(19)14(16)2/h4-11H,3,12-13H2,1-2H3. The quantitative estimate of drug-likeness (QED) is 0.761. The molecule has 0 aliphatic carbocycles. The Balaban J connectivity index is 2.25. The van der Waals surface area contributed by atoms with Crippen molar-refractivity contribution in [2.45, 2.75) is 26.8 Å². The predicted octanol–water partition coefficient (Wildman–Crippen LogP) is 4.81. The lowest BCUT2D eigenvalue weighted by molar-refractivity contribution is 0.0742. The molecule has 110 valence electrons. The first-order chi connectivity index (χ1) is 10.1. The molecule has 0 aliphatic rings. The third kappa shape index (κ3) is 3.94. The van der Waals surface area contributed by atoms with Gasteiger partial charge >= 0.3 is 0 Å². The fourth-order valence-electron chi connectivity index (χ4n) is 2.34. The Morgan fingerprint density at radius 2 is 1.81 bits per heavy atom. The van der Waals surface area contributed by atoms with Gasteiger partial charge in [-0.15, -0.1) is 0 Å². The van der Waals surface area contributed by atoms with Crippen LogP contribution in [0.2, 0.25) is 0 Å². The average Bonchev–Trinajstić information content (AvgIpc) is 2.50. The number of hydrogen-bond donors (Lipinski definition) is 0. The Hall–Kier alpha value is -1.61. The van der Waals surface area contributed by atoms with Gasteiger partial charge < -0.3 is 4.90 Å². The summed E-state index contributed by atoms with van der Waals surface area (Å²) in [7, 11) is 0. The Bertz CT molecular complexity index is 610. The third-order valence-corrected chi connectivity index (χ3v) is 4.35. The van der Waals surface area contributed by atoms with E-state index >= 15 is 0 Å². The van der Waals surface area contributed by atoms with Gasteiger partial charge in [0, 0.05) is 23.1 Å². The Labute approximate surface area is 134 Å². The molecule has 0 N–H and O–H groups in total. The van der Waals surface area contributed by atoms with Gasteiger partial charge in [-0.25, -0.2) is 0 Å². The van der Waals surface area contributed by atoms with Gasteiger partial charge in [0.2, 0.25) is 0 Å². The molecule has 0 fully saturated rings. The van der Waals surface area contributed by atoms with Crippen molar-refractivity contribution in [2.75, 3.05) is 6.54 Å². The molecule has 0 unspecified atom stereocenters. The van der Waals surface area contributed by atoms with Crippen LogP contribution in [0.15, 0.2) is 53.0 Å². The van der Waals surface area contributed by atoms with Crippen molar-refractivity contribution in [3.8, 4) is 0 Å². The van der Waals surface area contributed by atoms with E-state index in [9.17, 15) is 4.79 Å². The van der Waals surface area contributed by atoms with Crippen LogP contribution >= 0.6 is 15.9 Å². The second kappa shape index (κ2) is 7.41. The smallest absolute Gasteiger partial charge is 0.254 e. The van der Waals surface area contributed by atoms with E-state index < -0.39 is 0 Å². The molecule has 0 aliphatic heterocycles. The summed E-state index contributed by atoms with van der Waals surface area (Å²) in [5, 5.41) is 0. The maximum absolute atomic E-state index is 12.8. The van der Waals surface area contributed by atoms with E-state index in [2.05, 4.69) is 35.0 Å². The zero-order chi connectivity index (χ0) is 15.2. The average molecular weight is 346 g/mol. The summed E-state index contributed by atoms with van der Waals surface area (Å²) in [4.78, 5) is 14.7. The van der Waals surface area contributed by atoms with Crippen molar-refractivity contribution in [3.05, 3.63) is 69.7 Å². The first-order valence-corrected chi connectivity index (χ1v) is 8.01. The monoisotopic (exact) mass is 345 g/mol. The summed E-state index contributed by atoms with van der Waals surface area (Å²) in [6, 6.07) is 15.9. The highest BCUT2D eigenvalue weighted by Crippen LogP contribution is 2.21. The van der Waals surface area contributed by atoms with Crippen LogP contribution in [0.5, 0.6) is 0 Å². The lowest BCUT2D eigenvalue weighted by Crippen LogP contribution is -2.31. The zero-order valence-corrected chi connectivity index (χ0v) is 14.1. The fraction of sp³-hybridized carbons (Fsp3) is 0.278. The normalized spacial score (nSPS) is 10.4. The predicted molar refractivity (Wildman–Crippen MR) is 90.4 cm³/mol. The van der Waals surface area contributed by atoms with Gasteiger partial charge in [0.1, 0.15) is 0 Å². The highest BCUT2D eigenvalue weighted by Gasteiger charge is 2.18. The Morgan fingerprint density at radius 3 is 2.48 bits per heavy atom. The van der Waals surface area contributed by atoms with Crippen molar-refractivity contribution in [2.24, 2.45) is 0 Å². The van der Waals surface area contributed by atoms with Gasteiger partial charge in [0.15, 0.2) is 0 Å². The molecule has 2 aromatic rings. The molecular formula is C18H20BrNO. The van der Waals surface area contributed by atoms with Crippen LogP contribution in [0.4, 0.5) is 0 Å². The van der Waals surface area contributed by atoms with E-state index in [0.717, 1.165) is 34.1 Å². The zero-order valence-electron chi connectivity index (χ0n) is 12.5. The molecule has 0 bridgehead atoms. The largest absolute Gasteiger partial charge is 0.334 e. The molecule has 3 heteroatoms. The molecule has 0 spiro atoms. The minimum absolute atomic E-state index is 0.0968. The fourth-order valence-corrected chi connectivity index (χ4v) is 2.70. The molecule has 1 amide bonds. The SMILES string of the molecule is CCCN(Cc1ccccc1)C(=O)c1cccc(Br)c1C. The number of carbonyl (C=O) groups excluding carboxylic acids is 1. The molecular weight excluding hydrogens is 326 g/mol. The van der Waals surface area contributed by atoms with E-state index in [1.54, 1.807) is 0 Å². The minimum Gasteiger partial charge on any atom is -0.334 e. The van der Waals surface area contributed by atoms with E-state index in [1.807, 2.05) is 48.2 Å². The van der Waals surface area contributed by atoms with Gasteiger partial charge in [-0.05, 0) is 36.6 Å². The first kappa shape index (κ1) is 15.8. The number of amides is 1. The molecule has 0 atom stereocenters. The Morgan fingerprint density at radius 1 is 1.10 bits per heavy atom. The molecule has 0 radical (unpaired) electrons.